The molecule has 2 aliphatic heterocycles. The van der Waals surface area contributed by atoms with Crippen molar-refractivity contribution in [1.29, 1.82) is 0 Å². The number of phenols is 1. The molecule has 0 spiro atoms. The van der Waals surface area contributed by atoms with Gasteiger partial charge in [-0.2, -0.15) is 0 Å². The van der Waals surface area contributed by atoms with E-state index >= 15 is 0 Å². The molecule has 0 bridgehead atoms. The lowest BCUT2D eigenvalue weighted by Crippen LogP contribution is -2.35. The van der Waals surface area contributed by atoms with Gasteiger partial charge >= 0.3 is 0 Å². The van der Waals surface area contributed by atoms with Gasteiger partial charge in [-0.1, -0.05) is 24.3 Å². The number of carbonyl (C=O) groups is 2. The van der Waals surface area contributed by atoms with Crippen molar-refractivity contribution in [2.24, 2.45) is 11.8 Å². The highest BCUT2D eigenvalue weighted by Gasteiger charge is 2.45. The molecule has 2 amide bonds. The number of likely N-dealkylation sites (tertiary alicyclic amines) is 1. The zero-order chi connectivity index (χ0) is 18.8. The van der Waals surface area contributed by atoms with Crippen LogP contribution in [0.4, 0.5) is 0 Å². The predicted molar refractivity (Wildman–Crippen MR) is 99.5 cm³/mol. The first kappa shape index (κ1) is 17.5. The molecule has 2 saturated heterocycles. The molecule has 6 nitrogen and oxygen atoms in total. The van der Waals surface area contributed by atoms with E-state index in [4.69, 9.17) is 4.74 Å². The van der Waals surface area contributed by atoms with E-state index in [-0.39, 0.29) is 35.5 Å². The third-order valence-corrected chi connectivity index (χ3v) is 5.38. The van der Waals surface area contributed by atoms with Crippen molar-refractivity contribution in [2.45, 2.75) is 6.10 Å². The molecule has 0 unspecified atom stereocenters. The van der Waals surface area contributed by atoms with Crippen molar-refractivity contribution >= 4 is 11.8 Å². The summed E-state index contributed by atoms with van der Waals surface area (Å²) in [5.74, 6) is 0.283. The smallest absolute Gasteiger partial charge is 0.254 e. The second-order valence-electron chi connectivity index (χ2n) is 7.13. The maximum Gasteiger partial charge on any atom is 0.254 e. The van der Waals surface area contributed by atoms with Crippen molar-refractivity contribution in [2.75, 3.05) is 26.2 Å². The highest BCUT2D eigenvalue weighted by atomic mass is 16.5. The largest absolute Gasteiger partial charge is 0.508 e. The molecular weight excluding hydrogens is 344 g/mol. The third kappa shape index (κ3) is 3.66. The number of fused-ring (bicyclic) bond motifs is 1. The first-order chi connectivity index (χ1) is 13.1. The molecule has 0 saturated carbocycles. The summed E-state index contributed by atoms with van der Waals surface area (Å²) in [7, 11) is 0. The molecule has 27 heavy (non-hydrogen) atoms. The van der Waals surface area contributed by atoms with Gasteiger partial charge in [-0.15, -0.1) is 0 Å². The Kier molecular flexibility index (Phi) is 4.81. The first-order valence-corrected chi connectivity index (χ1v) is 9.15. The number of aromatic hydroxyl groups is 1. The highest BCUT2D eigenvalue weighted by molar-refractivity contribution is 5.95. The second kappa shape index (κ2) is 7.40. The van der Waals surface area contributed by atoms with Crippen LogP contribution in [-0.2, 0) is 4.74 Å². The molecule has 3 atom stereocenters. The molecule has 0 radical (unpaired) electrons. The molecule has 2 aromatic carbocycles. The number of nitrogens with zero attached hydrogens (tertiary/aromatic N) is 1. The summed E-state index contributed by atoms with van der Waals surface area (Å²) in [6, 6.07) is 15.5. The molecule has 0 aromatic heterocycles. The molecule has 4 rings (SSSR count). The van der Waals surface area contributed by atoms with E-state index in [1.807, 2.05) is 18.2 Å². The van der Waals surface area contributed by atoms with E-state index in [0.29, 0.717) is 37.4 Å². The Labute approximate surface area is 157 Å². The van der Waals surface area contributed by atoms with Gasteiger partial charge in [0.1, 0.15) is 5.75 Å². The monoisotopic (exact) mass is 366 g/mol. The van der Waals surface area contributed by atoms with Crippen LogP contribution in [0.2, 0.25) is 0 Å². The lowest BCUT2D eigenvalue weighted by Gasteiger charge is -2.20. The summed E-state index contributed by atoms with van der Waals surface area (Å²) in [5, 5.41) is 12.6. The third-order valence-electron chi connectivity index (χ3n) is 5.38. The predicted octanol–water partition coefficient (Wildman–Crippen LogP) is 1.91. The Hall–Kier alpha value is -2.86. The van der Waals surface area contributed by atoms with Crippen LogP contribution in [0.1, 0.15) is 20.7 Å². The summed E-state index contributed by atoms with van der Waals surface area (Å²) in [6.45, 7) is 2.27. The number of rotatable bonds is 4. The average molecular weight is 366 g/mol. The van der Waals surface area contributed by atoms with Gasteiger partial charge in [0.15, 0.2) is 0 Å². The number of hydrogen-bond acceptors (Lipinski definition) is 4. The van der Waals surface area contributed by atoms with E-state index in [9.17, 15) is 14.7 Å². The molecule has 2 fully saturated rings. The van der Waals surface area contributed by atoms with E-state index < -0.39 is 0 Å². The number of nitrogens with one attached hydrogen (secondary N) is 1. The minimum atomic E-state index is -0.101. The van der Waals surface area contributed by atoms with Gasteiger partial charge in [-0.25, -0.2) is 0 Å². The SMILES string of the molecule is O=C(NC[C@@H]1CO[C@@H]2CN(C(=O)c3cccc(O)c3)C[C@H]12)c1ccccc1. The molecule has 2 aromatic rings. The van der Waals surface area contributed by atoms with Crippen molar-refractivity contribution in [3.05, 3.63) is 65.7 Å². The fraction of sp³-hybridized carbons (Fsp3) is 0.333. The zero-order valence-electron chi connectivity index (χ0n) is 14.9. The van der Waals surface area contributed by atoms with Crippen LogP contribution in [0.25, 0.3) is 0 Å². The Morgan fingerprint density at radius 3 is 2.63 bits per heavy atom. The second-order valence-corrected chi connectivity index (χ2v) is 7.13. The van der Waals surface area contributed by atoms with Gasteiger partial charge in [-0.05, 0) is 30.3 Å². The lowest BCUT2D eigenvalue weighted by molar-refractivity contribution is 0.0674. The average Bonchev–Trinajstić information content (AvgIpc) is 3.27. The minimum absolute atomic E-state index is 0.00452. The first-order valence-electron chi connectivity index (χ1n) is 9.15. The molecule has 2 N–H and O–H groups in total. The van der Waals surface area contributed by atoms with Crippen LogP contribution in [0.5, 0.6) is 5.75 Å². The number of phenolic OH excluding ortho intramolecular Hbond substituents is 1. The van der Waals surface area contributed by atoms with Crippen LogP contribution in [-0.4, -0.2) is 54.2 Å². The van der Waals surface area contributed by atoms with Crippen molar-refractivity contribution in [3.8, 4) is 5.75 Å². The van der Waals surface area contributed by atoms with Crippen molar-refractivity contribution < 1.29 is 19.4 Å². The molecule has 6 heteroatoms. The summed E-state index contributed by atoms with van der Waals surface area (Å²) in [4.78, 5) is 26.7. The summed E-state index contributed by atoms with van der Waals surface area (Å²) in [5.41, 5.74) is 1.11. The fourth-order valence-electron chi connectivity index (χ4n) is 3.91. The number of benzene rings is 2. The number of carbonyl (C=O) groups excluding carboxylic acids is 2. The van der Waals surface area contributed by atoms with Gasteiger partial charge in [0.05, 0.1) is 12.7 Å². The highest BCUT2D eigenvalue weighted by Crippen LogP contribution is 2.34. The standard InChI is InChI=1S/C21H22N2O4/c24-17-8-4-7-15(9-17)21(26)23-11-18-16(13-27-19(18)12-23)10-22-20(25)14-5-2-1-3-6-14/h1-9,16,18-19,24H,10-13H2,(H,22,25)/t16-,18-,19-/m1/s1. The van der Waals surface area contributed by atoms with Crippen molar-refractivity contribution in [3.63, 3.8) is 0 Å². The molecule has 2 aliphatic rings. The van der Waals surface area contributed by atoms with Gasteiger partial charge in [0, 0.05) is 42.6 Å². The Balaban J connectivity index is 1.36. The molecule has 2 heterocycles. The quantitative estimate of drug-likeness (QED) is 0.866. The Morgan fingerprint density at radius 1 is 1.07 bits per heavy atom. The zero-order valence-corrected chi connectivity index (χ0v) is 14.9. The Morgan fingerprint density at radius 2 is 1.85 bits per heavy atom. The summed E-state index contributed by atoms with van der Waals surface area (Å²) in [6.07, 6.45) is 0.00452. The number of hydrogen-bond donors (Lipinski definition) is 2. The topological polar surface area (TPSA) is 78.9 Å². The normalized spacial score (nSPS) is 23.9. The van der Waals surface area contributed by atoms with Crippen LogP contribution >= 0.6 is 0 Å². The summed E-state index contributed by atoms with van der Waals surface area (Å²) >= 11 is 0. The van der Waals surface area contributed by atoms with E-state index in [2.05, 4.69) is 5.32 Å². The Bertz CT molecular complexity index is 839. The minimum Gasteiger partial charge on any atom is -0.508 e. The van der Waals surface area contributed by atoms with Crippen LogP contribution in [0.3, 0.4) is 0 Å². The van der Waals surface area contributed by atoms with Crippen LogP contribution in [0, 0.1) is 11.8 Å². The van der Waals surface area contributed by atoms with Gasteiger partial charge in [0.25, 0.3) is 11.8 Å². The van der Waals surface area contributed by atoms with Gasteiger partial charge in [0.2, 0.25) is 0 Å². The molecular formula is C21H22N2O4. The maximum atomic E-state index is 12.7. The molecule has 0 aliphatic carbocycles. The van der Waals surface area contributed by atoms with E-state index in [1.165, 1.54) is 6.07 Å². The fourth-order valence-corrected chi connectivity index (χ4v) is 3.91. The van der Waals surface area contributed by atoms with Gasteiger partial charge in [-0.3, -0.25) is 9.59 Å². The summed E-state index contributed by atoms with van der Waals surface area (Å²) < 4.78 is 5.87. The number of ether oxygens (including phenoxy) is 1. The van der Waals surface area contributed by atoms with E-state index in [0.717, 1.165) is 0 Å². The number of amides is 2. The maximum absolute atomic E-state index is 12.7. The van der Waals surface area contributed by atoms with Crippen LogP contribution < -0.4 is 5.32 Å². The van der Waals surface area contributed by atoms with E-state index in [1.54, 1.807) is 35.2 Å². The van der Waals surface area contributed by atoms with Crippen molar-refractivity contribution in [1.82, 2.24) is 10.2 Å². The lowest BCUT2D eigenvalue weighted by atomic mass is 9.93. The molecule has 140 valence electrons. The van der Waals surface area contributed by atoms with Crippen LogP contribution in [0.15, 0.2) is 54.6 Å². The van der Waals surface area contributed by atoms with Gasteiger partial charge < -0.3 is 20.1 Å².